The molecule has 0 saturated heterocycles. The van der Waals surface area contributed by atoms with Crippen molar-refractivity contribution in [1.29, 1.82) is 0 Å². The minimum absolute atomic E-state index is 0.863. The summed E-state index contributed by atoms with van der Waals surface area (Å²) < 4.78 is 0. The van der Waals surface area contributed by atoms with Crippen LogP contribution < -0.4 is 0 Å². The van der Waals surface area contributed by atoms with Gasteiger partial charge in [0.1, 0.15) is 0 Å². The molecule has 52 valence electrons. The fraction of sp³-hybridized carbons (Fsp3) is 0.800. The molecule has 0 radical (unpaired) electrons. The number of nitrogens with zero attached hydrogens (tertiary/aromatic N) is 2. The summed E-state index contributed by atoms with van der Waals surface area (Å²) >= 11 is 5.12. The summed E-state index contributed by atoms with van der Waals surface area (Å²) in [4.78, 5) is 6.51. The molecule has 0 unspecified atom stereocenters. The van der Waals surface area contributed by atoms with Crippen LogP contribution in [0.2, 0.25) is 0 Å². The van der Waals surface area contributed by atoms with Crippen molar-refractivity contribution < 1.29 is 0 Å². The van der Waals surface area contributed by atoms with Gasteiger partial charge in [-0.15, -0.1) is 11.8 Å². The third-order valence-electron chi connectivity index (χ3n) is 1.21. The van der Waals surface area contributed by atoms with Gasteiger partial charge in [0.15, 0.2) is 0 Å². The Morgan fingerprint density at radius 2 is 2.67 bits per heavy atom. The van der Waals surface area contributed by atoms with E-state index in [1.165, 1.54) is 5.04 Å². The van der Waals surface area contributed by atoms with E-state index in [2.05, 4.69) is 32.1 Å². The van der Waals surface area contributed by atoms with E-state index >= 15 is 0 Å². The van der Waals surface area contributed by atoms with E-state index in [4.69, 9.17) is 0 Å². The molecular weight excluding hydrogens is 200 g/mol. The maximum atomic E-state index is 4.28. The van der Waals surface area contributed by atoms with E-state index in [9.17, 15) is 0 Å². The molecule has 0 spiro atoms. The van der Waals surface area contributed by atoms with Gasteiger partial charge in [0, 0.05) is 6.54 Å². The van der Waals surface area contributed by atoms with Gasteiger partial charge in [-0.05, 0) is 6.26 Å². The quantitative estimate of drug-likeness (QED) is 0.478. The van der Waals surface area contributed by atoms with E-state index in [-0.39, 0.29) is 0 Å². The lowest BCUT2D eigenvalue weighted by Crippen LogP contribution is -2.19. The van der Waals surface area contributed by atoms with Crippen LogP contribution in [0.25, 0.3) is 0 Å². The number of halogens is 1. The molecule has 0 N–H and O–H groups in total. The van der Waals surface area contributed by atoms with Crippen molar-refractivity contribution >= 4 is 32.7 Å². The number of thioether (sulfide) groups is 1. The fourth-order valence-corrected chi connectivity index (χ4v) is 1.51. The normalized spacial score (nSPS) is 20.4. The molecule has 0 atom stereocenters. The molecule has 0 bridgehead atoms. The first-order valence-corrected chi connectivity index (χ1v) is 5.07. The Morgan fingerprint density at radius 1 is 1.89 bits per heavy atom. The molecule has 1 rings (SSSR count). The Labute approximate surface area is 67.8 Å². The highest BCUT2D eigenvalue weighted by Gasteiger charge is 2.11. The van der Waals surface area contributed by atoms with Crippen molar-refractivity contribution in [2.45, 2.75) is 0 Å². The molecule has 0 aromatic carbocycles. The van der Waals surface area contributed by atoms with Gasteiger partial charge in [-0.2, -0.15) is 0 Å². The summed E-state index contributed by atoms with van der Waals surface area (Å²) in [6.45, 7) is 1.88. The molecule has 0 aromatic heterocycles. The highest BCUT2D eigenvalue weighted by atomic mass is 79.9. The van der Waals surface area contributed by atoms with E-state index in [1.54, 1.807) is 11.8 Å². The van der Waals surface area contributed by atoms with Crippen LogP contribution in [0.1, 0.15) is 0 Å². The van der Waals surface area contributed by atoms with Gasteiger partial charge in [0.25, 0.3) is 0 Å². The van der Waals surface area contributed by atoms with Crippen LogP contribution in [0, 0.1) is 0 Å². The first kappa shape index (κ1) is 7.57. The molecule has 0 aromatic rings. The molecule has 2 nitrogen and oxygen atoms in total. The van der Waals surface area contributed by atoms with Crippen LogP contribution in [0.3, 0.4) is 0 Å². The van der Waals surface area contributed by atoms with E-state index in [1.807, 2.05) is 0 Å². The van der Waals surface area contributed by atoms with Gasteiger partial charge >= 0.3 is 0 Å². The first-order chi connectivity index (χ1) is 4.36. The van der Waals surface area contributed by atoms with Crippen LogP contribution in [0.5, 0.6) is 0 Å². The largest absolute Gasteiger partial charge is 0.268 e. The minimum Gasteiger partial charge on any atom is -0.268 e. The number of hydrogen-bond donors (Lipinski definition) is 0. The lowest BCUT2D eigenvalue weighted by molar-refractivity contribution is 0.409. The maximum Gasteiger partial charge on any atom is 0.0929 e. The second-order valence-corrected chi connectivity index (χ2v) is 3.23. The SMILES string of the molecule is CSC1=NCN(CBr)C1. The number of alkyl halides is 1. The minimum atomic E-state index is 0.863. The number of aliphatic imine (C=N–C) groups is 1. The predicted molar refractivity (Wildman–Crippen MR) is 46.3 cm³/mol. The van der Waals surface area contributed by atoms with Crippen molar-refractivity contribution in [3.05, 3.63) is 0 Å². The predicted octanol–water partition coefficient (Wildman–Crippen LogP) is 1.37. The summed E-state index contributed by atoms with van der Waals surface area (Å²) in [7, 11) is 0. The van der Waals surface area contributed by atoms with Crippen LogP contribution >= 0.6 is 27.7 Å². The molecular formula is C5H9BrN2S. The summed E-state index contributed by atoms with van der Waals surface area (Å²) in [5.41, 5.74) is 0.931. The van der Waals surface area contributed by atoms with Gasteiger partial charge < -0.3 is 0 Å². The molecule has 1 aliphatic heterocycles. The van der Waals surface area contributed by atoms with E-state index in [0.29, 0.717) is 0 Å². The molecule has 0 aliphatic carbocycles. The topological polar surface area (TPSA) is 15.6 Å². The number of rotatable bonds is 1. The lowest BCUT2D eigenvalue weighted by Gasteiger charge is -2.06. The zero-order valence-electron chi connectivity index (χ0n) is 5.30. The first-order valence-electron chi connectivity index (χ1n) is 2.72. The van der Waals surface area contributed by atoms with Crippen LogP contribution in [-0.2, 0) is 0 Å². The fourth-order valence-electron chi connectivity index (χ4n) is 0.679. The molecule has 1 heterocycles. The Bertz CT molecular complexity index is 126. The van der Waals surface area contributed by atoms with Crippen molar-refractivity contribution in [3.8, 4) is 0 Å². The van der Waals surface area contributed by atoms with Gasteiger partial charge in [-0.1, -0.05) is 15.9 Å². The van der Waals surface area contributed by atoms with Crippen LogP contribution in [0.4, 0.5) is 0 Å². The van der Waals surface area contributed by atoms with Gasteiger partial charge in [-0.3, -0.25) is 9.89 Å². The van der Waals surface area contributed by atoms with Gasteiger partial charge in [0.2, 0.25) is 0 Å². The average molecular weight is 209 g/mol. The number of hydrogen-bond acceptors (Lipinski definition) is 3. The smallest absolute Gasteiger partial charge is 0.0929 e. The molecule has 0 saturated carbocycles. The Kier molecular flexibility index (Phi) is 3.01. The van der Waals surface area contributed by atoms with Crippen LogP contribution in [0.15, 0.2) is 4.99 Å². The second kappa shape index (κ2) is 3.58. The zero-order chi connectivity index (χ0) is 6.69. The summed E-state index contributed by atoms with van der Waals surface area (Å²) in [5.74, 6) is 0. The zero-order valence-corrected chi connectivity index (χ0v) is 7.70. The van der Waals surface area contributed by atoms with Crippen molar-refractivity contribution in [1.82, 2.24) is 4.90 Å². The van der Waals surface area contributed by atoms with Gasteiger partial charge in [-0.25, -0.2) is 0 Å². The van der Waals surface area contributed by atoms with Crippen molar-refractivity contribution in [2.75, 3.05) is 24.9 Å². The third kappa shape index (κ3) is 1.95. The Morgan fingerprint density at radius 3 is 3.00 bits per heavy atom. The molecule has 0 fully saturated rings. The lowest BCUT2D eigenvalue weighted by atomic mass is 10.7. The second-order valence-electron chi connectivity index (χ2n) is 1.85. The van der Waals surface area contributed by atoms with Crippen molar-refractivity contribution in [3.63, 3.8) is 0 Å². The summed E-state index contributed by atoms with van der Waals surface area (Å²) in [6, 6.07) is 0. The molecule has 9 heavy (non-hydrogen) atoms. The Hall–Kier alpha value is 0.460. The molecule has 4 heteroatoms. The maximum absolute atomic E-state index is 4.28. The summed E-state index contributed by atoms with van der Waals surface area (Å²) in [5, 5.41) is 1.24. The van der Waals surface area contributed by atoms with E-state index < -0.39 is 0 Å². The summed E-state index contributed by atoms with van der Waals surface area (Å²) in [6.07, 6.45) is 2.07. The average Bonchev–Trinajstić information content (AvgIpc) is 2.34. The third-order valence-corrected chi connectivity index (χ3v) is 2.65. The standard InChI is InChI=1S/C5H9BrN2S/c1-9-5-2-8(3-6)4-7-5/h2-4H2,1H3. The highest BCUT2D eigenvalue weighted by Crippen LogP contribution is 2.09. The van der Waals surface area contributed by atoms with Gasteiger partial charge in [0.05, 0.1) is 17.2 Å². The monoisotopic (exact) mass is 208 g/mol. The molecule has 1 aliphatic rings. The Balaban J connectivity index is 2.31. The highest BCUT2D eigenvalue weighted by molar-refractivity contribution is 9.09. The van der Waals surface area contributed by atoms with Crippen molar-refractivity contribution in [2.24, 2.45) is 4.99 Å². The van der Waals surface area contributed by atoms with Crippen LogP contribution in [-0.4, -0.2) is 34.9 Å². The molecule has 0 amide bonds. The van der Waals surface area contributed by atoms with E-state index in [0.717, 1.165) is 18.7 Å².